The minimum Gasteiger partial charge on any atom is -0.493 e. The fourth-order valence-corrected chi connectivity index (χ4v) is 5.60. The maximum Gasteiger partial charge on any atom is 0.338 e. The van der Waals surface area contributed by atoms with Gasteiger partial charge in [-0.1, -0.05) is 36.5 Å². The van der Waals surface area contributed by atoms with Crippen molar-refractivity contribution in [2.75, 3.05) is 48.3 Å². The second-order valence-corrected chi connectivity index (χ2v) is 10.1. The number of hydrogen-bond donors (Lipinski definition) is 0. The summed E-state index contributed by atoms with van der Waals surface area (Å²) in [6, 6.07) is 10.1. The van der Waals surface area contributed by atoms with Gasteiger partial charge in [0.25, 0.3) is 5.56 Å². The van der Waals surface area contributed by atoms with Gasteiger partial charge in [-0.15, -0.1) is 0 Å². The number of para-hydroxylation sites is 1. The Bertz CT molecular complexity index is 1600. The Morgan fingerprint density at radius 3 is 2.34 bits per heavy atom. The van der Waals surface area contributed by atoms with Gasteiger partial charge in [0, 0.05) is 12.7 Å². The quantitative estimate of drug-likeness (QED) is 0.237. The lowest BCUT2D eigenvalue weighted by Crippen LogP contribution is -2.40. The SMILES string of the molecule is CCCOc1ccccc1[C@H]1C(C(=O)OCCOC)=C(C)N=c2s/c(=C/c3cc(OC)c(OC)c(OC)c3)c(=O)n21. The van der Waals surface area contributed by atoms with Crippen LogP contribution in [-0.2, 0) is 14.3 Å². The molecule has 1 atom stereocenters. The largest absolute Gasteiger partial charge is 0.493 e. The van der Waals surface area contributed by atoms with Crippen molar-refractivity contribution < 1.29 is 33.2 Å². The number of nitrogens with zero attached hydrogens (tertiary/aromatic N) is 2. The molecule has 10 nitrogen and oxygen atoms in total. The molecule has 4 rings (SSSR count). The lowest BCUT2D eigenvalue weighted by Gasteiger charge is -2.26. The predicted molar refractivity (Wildman–Crippen MR) is 155 cm³/mol. The van der Waals surface area contributed by atoms with Crippen molar-refractivity contribution in [3.8, 4) is 23.0 Å². The molecule has 0 N–H and O–H groups in total. The van der Waals surface area contributed by atoms with Crippen molar-refractivity contribution in [1.29, 1.82) is 0 Å². The number of rotatable bonds is 12. The van der Waals surface area contributed by atoms with E-state index in [0.717, 1.165) is 6.42 Å². The standard InChI is InChI=1S/C30H34N2O8S/c1-7-12-39-21-11-9-8-10-20(21)26-25(29(34)40-14-13-35-3)18(2)31-30-32(26)28(33)24(41-30)17-19-15-22(36-4)27(38-6)23(16-19)37-5/h8-11,15-17,26H,7,12-14H2,1-6H3/b24-17+/t26-/m0/s1. The molecule has 1 aromatic heterocycles. The Hall–Kier alpha value is -4.09. The number of fused-ring (bicyclic) bond motifs is 1. The molecule has 2 aromatic carbocycles. The molecule has 0 unspecified atom stereocenters. The van der Waals surface area contributed by atoms with Gasteiger partial charge < -0.3 is 28.4 Å². The molecule has 0 fully saturated rings. The number of aromatic nitrogens is 1. The van der Waals surface area contributed by atoms with Crippen LogP contribution >= 0.6 is 11.3 Å². The molecule has 1 aliphatic rings. The van der Waals surface area contributed by atoms with Gasteiger partial charge in [-0.3, -0.25) is 9.36 Å². The topological polar surface area (TPSA) is 107 Å². The third kappa shape index (κ3) is 6.15. The highest BCUT2D eigenvalue weighted by Crippen LogP contribution is 2.39. The van der Waals surface area contributed by atoms with Gasteiger partial charge in [-0.05, 0) is 43.2 Å². The molecule has 0 aliphatic carbocycles. The Morgan fingerprint density at radius 2 is 1.71 bits per heavy atom. The second-order valence-electron chi connectivity index (χ2n) is 9.06. The molecule has 2 heterocycles. The van der Waals surface area contributed by atoms with E-state index in [2.05, 4.69) is 4.99 Å². The smallest absolute Gasteiger partial charge is 0.338 e. The predicted octanol–water partition coefficient (Wildman–Crippen LogP) is 3.24. The Labute approximate surface area is 242 Å². The Balaban J connectivity index is 1.93. The molecule has 41 heavy (non-hydrogen) atoms. The fraction of sp³-hybridized carbons (Fsp3) is 0.367. The summed E-state index contributed by atoms with van der Waals surface area (Å²) in [5.41, 5.74) is 1.74. The highest BCUT2D eigenvalue weighted by Gasteiger charge is 2.35. The van der Waals surface area contributed by atoms with Crippen LogP contribution in [0.3, 0.4) is 0 Å². The fourth-order valence-electron chi connectivity index (χ4n) is 4.56. The molecule has 1 aliphatic heterocycles. The molecule has 0 saturated heterocycles. The lowest BCUT2D eigenvalue weighted by atomic mass is 9.95. The first kappa shape index (κ1) is 29.9. The normalized spacial score (nSPS) is 14.8. The van der Waals surface area contributed by atoms with Crippen molar-refractivity contribution >= 4 is 23.4 Å². The molecule has 3 aromatic rings. The molecule has 0 radical (unpaired) electrons. The first-order valence-corrected chi connectivity index (χ1v) is 13.9. The summed E-state index contributed by atoms with van der Waals surface area (Å²) >= 11 is 1.22. The number of allylic oxidation sites excluding steroid dienone is 1. The van der Waals surface area contributed by atoms with E-state index in [9.17, 15) is 9.59 Å². The number of thiazole rings is 1. The monoisotopic (exact) mass is 582 g/mol. The molecule has 218 valence electrons. The summed E-state index contributed by atoms with van der Waals surface area (Å²) in [4.78, 5) is 32.6. The third-order valence-electron chi connectivity index (χ3n) is 6.42. The summed E-state index contributed by atoms with van der Waals surface area (Å²) in [5, 5.41) is 0. The average Bonchev–Trinajstić information content (AvgIpc) is 3.28. The van der Waals surface area contributed by atoms with E-state index >= 15 is 0 Å². The van der Waals surface area contributed by atoms with Crippen molar-refractivity contribution in [2.45, 2.75) is 26.3 Å². The van der Waals surface area contributed by atoms with Gasteiger partial charge >= 0.3 is 5.97 Å². The number of carbonyl (C=O) groups is 1. The Kier molecular flexibility index (Phi) is 9.85. The number of benzene rings is 2. The third-order valence-corrected chi connectivity index (χ3v) is 7.41. The number of ether oxygens (including phenoxy) is 6. The summed E-state index contributed by atoms with van der Waals surface area (Å²) < 4.78 is 34.9. The van der Waals surface area contributed by atoms with Crippen LogP contribution in [-0.4, -0.2) is 58.8 Å². The van der Waals surface area contributed by atoms with Crippen molar-refractivity contribution in [2.24, 2.45) is 4.99 Å². The minimum atomic E-state index is -0.809. The second kappa shape index (κ2) is 13.5. The van der Waals surface area contributed by atoms with E-state index in [0.29, 0.717) is 55.8 Å². The molecular formula is C30H34N2O8S. The Morgan fingerprint density at radius 1 is 1.00 bits per heavy atom. The molecule has 0 saturated carbocycles. The van der Waals surface area contributed by atoms with Crippen LogP contribution in [0.1, 0.15) is 37.4 Å². The van der Waals surface area contributed by atoms with Crippen LogP contribution < -0.4 is 33.8 Å². The number of hydrogen-bond acceptors (Lipinski definition) is 10. The molecular weight excluding hydrogens is 548 g/mol. The van der Waals surface area contributed by atoms with Gasteiger partial charge in [0.1, 0.15) is 18.4 Å². The molecule has 0 bridgehead atoms. The van der Waals surface area contributed by atoms with Gasteiger partial charge in [0.15, 0.2) is 16.3 Å². The summed E-state index contributed by atoms with van der Waals surface area (Å²) in [5.74, 6) is 1.38. The molecule has 11 heteroatoms. The highest BCUT2D eigenvalue weighted by molar-refractivity contribution is 7.07. The highest BCUT2D eigenvalue weighted by atomic mass is 32.1. The summed E-state index contributed by atoms with van der Waals surface area (Å²) in [6.07, 6.45) is 2.54. The van der Waals surface area contributed by atoms with Crippen LogP contribution in [0.15, 0.2) is 57.5 Å². The van der Waals surface area contributed by atoms with Crippen LogP contribution in [0, 0.1) is 0 Å². The van der Waals surface area contributed by atoms with E-state index in [-0.39, 0.29) is 24.3 Å². The van der Waals surface area contributed by atoms with E-state index in [1.807, 2.05) is 31.2 Å². The van der Waals surface area contributed by atoms with Crippen LogP contribution in [0.2, 0.25) is 0 Å². The minimum absolute atomic E-state index is 0.0678. The summed E-state index contributed by atoms with van der Waals surface area (Å²) in [6.45, 7) is 4.55. The average molecular weight is 583 g/mol. The maximum absolute atomic E-state index is 14.1. The van der Waals surface area contributed by atoms with Gasteiger partial charge in [0.2, 0.25) is 5.75 Å². The van der Waals surface area contributed by atoms with Crippen LogP contribution in [0.5, 0.6) is 23.0 Å². The van der Waals surface area contributed by atoms with Crippen molar-refractivity contribution in [1.82, 2.24) is 4.57 Å². The molecule has 0 spiro atoms. The summed E-state index contributed by atoms with van der Waals surface area (Å²) in [7, 11) is 6.12. The van der Waals surface area contributed by atoms with Gasteiger partial charge in [-0.2, -0.15) is 0 Å². The zero-order valence-corrected chi connectivity index (χ0v) is 24.8. The number of methoxy groups -OCH3 is 4. The zero-order valence-electron chi connectivity index (χ0n) is 24.0. The van der Waals surface area contributed by atoms with Crippen molar-refractivity contribution in [3.05, 3.63) is 78.5 Å². The van der Waals surface area contributed by atoms with Gasteiger partial charge in [0.05, 0.1) is 50.3 Å². The first-order valence-electron chi connectivity index (χ1n) is 13.1. The number of esters is 1. The van der Waals surface area contributed by atoms with E-state index < -0.39 is 12.0 Å². The van der Waals surface area contributed by atoms with Gasteiger partial charge in [-0.25, -0.2) is 9.79 Å². The molecule has 0 amide bonds. The maximum atomic E-state index is 14.1. The van der Waals surface area contributed by atoms with E-state index in [1.54, 1.807) is 25.1 Å². The van der Waals surface area contributed by atoms with Crippen LogP contribution in [0.25, 0.3) is 6.08 Å². The lowest BCUT2D eigenvalue weighted by molar-refractivity contribution is -0.140. The van der Waals surface area contributed by atoms with E-state index in [1.165, 1.54) is 44.3 Å². The first-order chi connectivity index (χ1) is 19.9. The zero-order chi connectivity index (χ0) is 29.5. The van der Waals surface area contributed by atoms with Crippen molar-refractivity contribution in [3.63, 3.8) is 0 Å². The van der Waals surface area contributed by atoms with E-state index in [4.69, 9.17) is 28.4 Å². The number of carbonyl (C=O) groups excluding carboxylic acids is 1. The van der Waals surface area contributed by atoms with Crippen LogP contribution in [0.4, 0.5) is 0 Å².